The Morgan fingerprint density at radius 1 is 1.11 bits per heavy atom. The number of phenolic OH excluding ortho intramolecular Hbond substituents is 1. The highest BCUT2D eigenvalue weighted by Gasteiger charge is 2.60. The molecule has 6 N–H and O–H groups in total. The minimum absolute atomic E-state index is 0.00423. The number of hydrogen-bond donors (Lipinski definition) is 5. The number of Topliss-reactive ketones (excluding diaryl/α,β-unsaturated/α-hetero) is 2. The summed E-state index contributed by atoms with van der Waals surface area (Å²) in [7, 11) is 1.55. The number of benzene rings is 2. The van der Waals surface area contributed by atoms with Gasteiger partial charge in [0, 0.05) is 29.0 Å². The molecule has 5 rings (SSSR count). The lowest BCUT2D eigenvalue weighted by atomic mass is 9.59. The third kappa shape index (κ3) is 3.57. The van der Waals surface area contributed by atoms with Gasteiger partial charge in [-0.2, -0.15) is 0 Å². The lowest BCUT2D eigenvalue weighted by Crippen LogP contribution is -2.58. The van der Waals surface area contributed by atoms with Crippen LogP contribution in [-0.4, -0.2) is 50.6 Å². The Kier molecular flexibility index (Phi) is 5.57. The molecule has 0 bridgehead atoms. The second kappa shape index (κ2) is 8.54. The molecule has 3 aliphatic carbocycles. The van der Waals surface area contributed by atoms with Gasteiger partial charge in [-0.3, -0.25) is 14.4 Å². The summed E-state index contributed by atoms with van der Waals surface area (Å²) in [4.78, 5) is 37.8. The van der Waals surface area contributed by atoms with Crippen LogP contribution < -0.4 is 10.5 Å². The van der Waals surface area contributed by atoms with Crippen LogP contribution in [0.25, 0.3) is 5.76 Å². The molecule has 0 aromatic heterocycles. The molecular formula is C28H23NO8. The fraction of sp³-hybridized carbons (Fsp3) is 0.250. The van der Waals surface area contributed by atoms with Crippen molar-refractivity contribution in [2.24, 2.45) is 17.6 Å². The van der Waals surface area contributed by atoms with Crippen LogP contribution in [0.15, 0.2) is 53.3 Å². The Bertz CT molecular complexity index is 1520. The minimum atomic E-state index is -2.59. The molecule has 1 fully saturated rings. The first-order valence-corrected chi connectivity index (χ1v) is 11.6. The molecular weight excluding hydrogens is 478 g/mol. The number of aliphatic hydroxyl groups is 3. The van der Waals surface area contributed by atoms with Crippen molar-refractivity contribution in [2.45, 2.75) is 24.9 Å². The van der Waals surface area contributed by atoms with E-state index >= 15 is 0 Å². The van der Waals surface area contributed by atoms with Crippen molar-refractivity contribution in [1.82, 2.24) is 0 Å². The van der Waals surface area contributed by atoms with Crippen LogP contribution in [0.2, 0.25) is 0 Å². The Morgan fingerprint density at radius 2 is 1.86 bits per heavy atom. The molecule has 188 valence electrons. The number of rotatable bonds is 2. The summed E-state index contributed by atoms with van der Waals surface area (Å²) in [5, 5.41) is 43.7. The summed E-state index contributed by atoms with van der Waals surface area (Å²) >= 11 is 0. The van der Waals surface area contributed by atoms with Gasteiger partial charge in [-0.15, -0.1) is 0 Å². The Hall–Kier alpha value is -4.55. The molecule has 0 unspecified atom stereocenters. The van der Waals surface area contributed by atoms with E-state index in [2.05, 4.69) is 11.8 Å². The summed E-state index contributed by atoms with van der Waals surface area (Å²) in [6.07, 6.45) is -0.128. The number of primary amides is 1. The monoisotopic (exact) mass is 501 g/mol. The standard InChI is InChI=1S/C28H23NO8/c1-37-17-4-2-3-13(9-17)5-6-14-7-8-19(30)22-18(14)11-15-10-16-12-20(31)23(27(29)35)26(34)28(16,36)25(33)21(15)24(22)32/h2-4,7-9,15-16,30,32,34,36H,10-12H2,1H3,(H2,29,35)/t15-,16+,28+/m1/s1. The van der Waals surface area contributed by atoms with Crippen LogP contribution >= 0.6 is 0 Å². The fourth-order valence-electron chi connectivity index (χ4n) is 5.58. The highest BCUT2D eigenvalue weighted by Crippen LogP contribution is 2.52. The molecule has 37 heavy (non-hydrogen) atoms. The molecule has 1 saturated carbocycles. The zero-order valence-electron chi connectivity index (χ0n) is 19.7. The molecule has 3 atom stereocenters. The van der Waals surface area contributed by atoms with Crippen molar-refractivity contribution in [3.05, 3.63) is 75.6 Å². The average molecular weight is 501 g/mol. The molecule has 0 radical (unpaired) electrons. The van der Waals surface area contributed by atoms with E-state index in [1.54, 1.807) is 37.4 Å². The molecule has 2 aromatic rings. The summed E-state index contributed by atoms with van der Waals surface area (Å²) in [6.45, 7) is 0. The van der Waals surface area contributed by atoms with Crippen molar-refractivity contribution in [3.8, 4) is 23.3 Å². The predicted octanol–water partition coefficient (Wildman–Crippen LogP) is 1.83. The number of phenols is 1. The van der Waals surface area contributed by atoms with E-state index in [1.807, 2.05) is 0 Å². The van der Waals surface area contributed by atoms with Crippen molar-refractivity contribution in [1.29, 1.82) is 0 Å². The molecule has 9 nitrogen and oxygen atoms in total. The number of carbonyl (C=O) groups is 3. The van der Waals surface area contributed by atoms with Gasteiger partial charge in [0.05, 0.1) is 12.7 Å². The Labute approximate surface area is 211 Å². The summed E-state index contributed by atoms with van der Waals surface area (Å²) < 4.78 is 5.22. The zero-order chi connectivity index (χ0) is 26.6. The third-order valence-electron chi connectivity index (χ3n) is 7.36. The Balaban J connectivity index is 1.63. The van der Waals surface area contributed by atoms with E-state index in [-0.39, 0.29) is 36.1 Å². The van der Waals surface area contributed by atoms with E-state index in [0.29, 0.717) is 22.4 Å². The summed E-state index contributed by atoms with van der Waals surface area (Å²) in [5.74, 6) is 0.0898. The van der Waals surface area contributed by atoms with Crippen LogP contribution in [0.3, 0.4) is 0 Å². The third-order valence-corrected chi connectivity index (χ3v) is 7.36. The number of ketones is 2. The van der Waals surface area contributed by atoms with Gasteiger partial charge in [0.15, 0.2) is 11.4 Å². The lowest BCUT2D eigenvalue weighted by molar-refractivity contribution is -0.147. The zero-order valence-corrected chi connectivity index (χ0v) is 19.7. The number of methoxy groups -OCH3 is 1. The number of fused-ring (bicyclic) bond motifs is 3. The first-order chi connectivity index (χ1) is 17.6. The van der Waals surface area contributed by atoms with E-state index in [4.69, 9.17) is 10.5 Å². The molecule has 2 aromatic carbocycles. The van der Waals surface area contributed by atoms with Crippen LogP contribution in [0.5, 0.6) is 11.5 Å². The van der Waals surface area contributed by atoms with Gasteiger partial charge < -0.3 is 30.9 Å². The van der Waals surface area contributed by atoms with Crippen LogP contribution in [0.1, 0.15) is 35.1 Å². The molecule has 3 aliphatic rings. The second-order valence-electron chi connectivity index (χ2n) is 9.37. The van der Waals surface area contributed by atoms with Gasteiger partial charge in [-0.1, -0.05) is 17.9 Å². The van der Waals surface area contributed by atoms with E-state index in [0.717, 1.165) is 0 Å². The first kappa shape index (κ1) is 24.2. The van der Waals surface area contributed by atoms with Gasteiger partial charge in [-0.25, -0.2) is 0 Å². The average Bonchev–Trinajstić information content (AvgIpc) is 2.85. The van der Waals surface area contributed by atoms with Crippen molar-refractivity contribution >= 4 is 23.2 Å². The smallest absolute Gasteiger partial charge is 0.255 e. The molecule has 0 aliphatic heterocycles. The first-order valence-electron chi connectivity index (χ1n) is 11.6. The highest BCUT2D eigenvalue weighted by atomic mass is 16.5. The van der Waals surface area contributed by atoms with Crippen LogP contribution in [0, 0.1) is 23.7 Å². The lowest BCUT2D eigenvalue weighted by Gasteiger charge is -2.46. The molecule has 9 heteroatoms. The van der Waals surface area contributed by atoms with Gasteiger partial charge in [0.25, 0.3) is 5.91 Å². The number of aliphatic hydroxyl groups excluding tert-OH is 2. The van der Waals surface area contributed by atoms with Gasteiger partial charge >= 0.3 is 0 Å². The van der Waals surface area contributed by atoms with E-state index in [9.17, 15) is 34.8 Å². The maximum atomic E-state index is 13.5. The number of amides is 1. The normalized spacial score (nSPS) is 24.5. The van der Waals surface area contributed by atoms with Crippen LogP contribution in [0.4, 0.5) is 0 Å². The number of aromatic hydroxyl groups is 1. The highest BCUT2D eigenvalue weighted by molar-refractivity contribution is 6.22. The van der Waals surface area contributed by atoms with Crippen molar-refractivity contribution in [2.75, 3.05) is 7.11 Å². The van der Waals surface area contributed by atoms with Crippen molar-refractivity contribution < 1.29 is 39.5 Å². The van der Waals surface area contributed by atoms with Crippen LogP contribution in [-0.2, 0) is 20.8 Å². The molecule has 0 heterocycles. The number of ether oxygens (including phenoxy) is 1. The number of nitrogens with two attached hydrogens (primary N) is 1. The molecule has 0 saturated heterocycles. The van der Waals surface area contributed by atoms with E-state index in [1.165, 1.54) is 6.07 Å². The van der Waals surface area contributed by atoms with Gasteiger partial charge in [-0.05, 0) is 54.7 Å². The largest absolute Gasteiger partial charge is 0.508 e. The summed E-state index contributed by atoms with van der Waals surface area (Å²) in [5.41, 5.74) is 3.33. The molecule has 0 spiro atoms. The maximum Gasteiger partial charge on any atom is 0.255 e. The predicted molar refractivity (Wildman–Crippen MR) is 130 cm³/mol. The van der Waals surface area contributed by atoms with Gasteiger partial charge in [0.1, 0.15) is 28.6 Å². The topological polar surface area (TPSA) is 167 Å². The number of hydrogen-bond acceptors (Lipinski definition) is 8. The SMILES string of the molecule is COc1cccc(C#Cc2ccc(O)c3c2C[C@H]2C[C@H]4CC(=O)C(C(N)=O)=C(O)[C@@]4(O)C(=O)C2=C3O)c1. The minimum Gasteiger partial charge on any atom is -0.508 e. The van der Waals surface area contributed by atoms with Gasteiger partial charge in [0.2, 0.25) is 5.78 Å². The summed E-state index contributed by atoms with van der Waals surface area (Å²) in [6, 6.07) is 10.1. The maximum absolute atomic E-state index is 13.5. The second-order valence-corrected chi connectivity index (χ2v) is 9.37. The fourth-order valence-corrected chi connectivity index (χ4v) is 5.58. The number of carbonyl (C=O) groups excluding carboxylic acids is 3. The quantitative estimate of drug-likeness (QED) is 0.307. The van der Waals surface area contributed by atoms with Crippen molar-refractivity contribution in [3.63, 3.8) is 0 Å². The molecule has 1 amide bonds. The van der Waals surface area contributed by atoms with E-state index < -0.39 is 52.0 Å². The Morgan fingerprint density at radius 3 is 2.57 bits per heavy atom.